The fourth-order valence-corrected chi connectivity index (χ4v) is 2.49. The highest BCUT2D eigenvalue weighted by molar-refractivity contribution is 5.68. The number of nitrogens with two attached hydrogens (primary N) is 1. The lowest BCUT2D eigenvalue weighted by molar-refractivity contribution is -0.152. The largest absolute Gasteiger partial charge is 0.444 e. The Morgan fingerprint density at radius 1 is 1.30 bits per heavy atom. The third-order valence-corrected chi connectivity index (χ3v) is 3.36. The molecule has 0 saturated heterocycles. The van der Waals surface area contributed by atoms with Crippen molar-refractivity contribution in [1.82, 2.24) is 5.32 Å². The quantitative estimate of drug-likeness (QED) is 0.841. The van der Waals surface area contributed by atoms with Crippen molar-refractivity contribution in [3.8, 4) is 0 Å². The van der Waals surface area contributed by atoms with E-state index in [0.29, 0.717) is 12.8 Å². The van der Waals surface area contributed by atoms with Crippen LogP contribution in [0.4, 0.5) is 18.0 Å². The first-order valence-electron chi connectivity index (χ1n) is 6.77. The van der Waals surface area contributed by atoms with E-state index in [2.05, 4.69) is 5.32 Å². The molecular weight excluding hydrogens is 273 g/mol. The molecule has 1 aliphatic rings. The number of ether oxygens (including phenoxy) is 1. The van der Waals surface area contributed by atoms with E-state index < -0.39 is 29.5 Å². The second kappa shape index (κ2) is 5.79. The van der Waals surface area contributed by atoms with Crippen LogP contribution in [0.1, 0.15) is 52.9 Å². The fraction of sp³-hybridized carbons (Fsp3) is 0.923. The summed E-state index contributed by atoms with van der Waals surface area (Å²) < 4.78 is 43.0. The first-order valence-corrected chi connectivity index (χ1v) is 6.77. The summed E-state index contributed by atoms with van der Waals surface area (Å²) >= 11 is 0. The summed E-state index contributed by atoms with van der Waals surface area (Å²) in [6.07, 6.45) is -2.90. The van der Waals surface area contributed by atoms with E-state index in [4.69, 9.17) is 10.5 Å². The minimum absolute atomic E-state index is 0.310. The lowest BCUT2D eigenvalue weighted by Crippen LogP contribution is -2.53. The van der Waals surface area contributed by atoms with Crippen LogP contribution in [-0.4, -0.2) is 29.5 Å². The molecule has 1 fully saturated rings. The van der Waals surface area contributed by atoms with Gasteiger partial charge in [0.15, 0.2) is 0 Å². The van der Waals surface area contributed by atoms with Crippen molar-refractivity contribution in [2.24, 2.45) is 5.73 Å². The minimum Gasteiger partial charge on any atom is -0.444 e. The van der Waals surface area contributed by atoms with E-state index in [1.54, 1.807) is 20.8 Å². The highest BCUT2D eigenvalue weighted by atomic mass is 19.4. The summed E-state index contributed by atoms with van der Waals surface area (Å²) in [5.41, 5.74) is 3.61. The van der Waals surface area contributed by atoms with Crippen LogP contribution in [0.15, 0.2) is 0 Å². The van der Waals surface area contributed by atoms with Crippen molar-refractivity contribution in [3.63, 3.8) is 0 Å². The highest BCUT2D eigenvalue weighted by Gasteiger charge is 2.45. The van der Waals surface area contributed by atoms with Gasteiger partial charge in [-0.1, -0.05) is 12.8 Å². The molecule has 0 aliphatic heterocycles. The minimum atomic E-state index is -4.45. The molecule has 0 aromatic carbocycles. The fourth-order valence-electron chi connectivity index (χ4n) is 2.49. The molecule has 0 bridgehead atoms. The molecule has 0 aromatic rings. The number of hydrogen-bond acceptors (Lipinski definition) is 3. The summed E-state index contributed by atoms with van der Waals surface area (Å²) in [5, 5.41) is 2.61. The number of carbonyl (C=O) groups is 1. The number of halogens is 3. The van der Waals surface area contributed by atoms with Crippen LogP contribution in [0.2, 0.25) is 0 Å². The smallest absolute Gasteiger partial charge is 0.408 e. The van der Waals surface area contributed by atoms with Crippen LogP contribution in [-0.2, 0) is 4.74 Å². The van der Waals surface area contributed by atoms with E-state index >= 15 is 0 Å². The van der Waals surface area contributed by atoms with Crippen LogP contribution in [0, 0.1) is 0 Å². The monoisotopic (exact) mass is 296 g/mol. The Kier molecular flexibility index (Phi) is 4.94. The number of alkyl halides is 3. The summed E-state index contributed by atoms with van der Waals surface area (Å²) in [6.45, 7) is 5.11. The number of amides is 1. The Morgan fingerprint density at radius 3 is 2.20 bits per heavy atom. The maximum absolute atomic E-state index is 12.6. The van der Waals surface area contributed by atoms with Gasteiger partial charge in [0, 0.05) is 5.54 Å². The molecule has 0 heterocycles. The maximum atomic E-state index is 12.6. The molecule has 0 spiro atoms. The first-order chi connectivity index (χ1) is 8.94. The molecule has 7 heteroatoms. The molecule has 1 rings (SSSR count). The van der Waals surface area contributed by atoms with Crippen molar-refractivity contribution in [2.45, 2.75) is 76.2 Å². The summed E-state index contributed by atoms with van der Waals surface area (Å²) in [6, 6.07) is -1.93. The average molecular weight is 296 g/mol. The Hall–Kier alpha value is -0.980. The number of rotatable bonds is 3. The third-order valence-electron chi connectivity index (χ3n) is 3.36. The van der Waals surface area contributed by atoms with Gasteiger partial charge in [-0.05, 0) is 40.0 Å². The van der Waals surface area contributed by atoms with Gasteiger partial charge in [0.25, 0.3) is 0 Å². The SMILES string of the molecule is CC(C)(C)OC(=O)NC1(CC(N)C(F)(F)F)CCCC1. The van der Waals surface area contributed by atoms with Crippen LogP contribution >= 0.6 is 0 Å². The molecule has 1 amide bonds. The molecule has 118 valence electrons. The van der Waals surface area contributed by atoms with Crippen molar-refractivity contribution >= 4 is 6.09 Å². The first kappa shape index (κ1) is 17.1. The molecule has 4 nitrogen and oxygen atoms in total. The van der Waals surface area contributed by atoms with Crippen LogP contribution in [0.25, 0.3) is 0 Å². The van der Waals surface area contributed by atoms with E-state index in [1.165, 1.54) is 0 Å². The zero-order chi connectivity index (χ0) is 15.6. The molecule has 1 aliphatic carbocycles. The van der Waals surface area contributed by atoms with Crippen molar-refractivity contribution in [3.05, 3.63) is 0 Å². The predicted molar refractivity (Wildman–Crippen MR) is 69.2 cm³/mol. The number of hydrogen-bond donors (Lipinski definition) is 2. The lowest BCUT2D eigenvalue weighted by atomic mass is 9.89. The standard InChI is InChI=1S/C13H23F3N2O2/c1-11(2,3)20-10(19)18-12(6-4-5-7-12)8-9(17)13(14,15)16/h9H,4-8,17H2,1-3H3,(H,18,19). The zero-order valence-corrected chi connectivity index (χ0v) is 12.1. The number of carbonyl (C=O) groups excluding carboxylic acids is 1. The maximum Gasteiger partial charge on any atom is 0.408 e. The van der Waals surface area contributed by atoms with Gasteiger partial charge in [0.1, 0.15) is 11.6 Å². The molecule has 1 saturated carbocycles. The lowest BCUT2D eigenvalue weighted by Gasteiger charge is -2.34. The van der Waals surface area contributed by atoms with Gasteiger partial charge in [-0.25, -0.2) is 4.79 Å². The zero-order valence-electron chi connectivity index (χ0n) is 12.1. The number of nitrogens with one attached hydrogen (secondary N) is 1. The summed E-state index contributed by atoms with van der Waals surface area (Å²) in [5.74, 6) is 0. The Morgan fingerprint density at radius 2 is 1.80 bits per heavy atom. The Balaban J connectivity index is 2.70. The van der Waals surface area contributed by atoms with E-state index in [0.717, 1.165) is 12.8 Å². The molecule has 20 heavy (non-hydrogen) atoms. The summed E-state index contributed by atoms with van der Waals surface area (Å²) in [4.78, 5) is 11.8. The molecule has 1 unspecified atom stereocenters. The Bertz CT molecular complexity index is 345. The van der Waals surface area contributed by atoms with Gasteiger partial charge in [-0.15, -0.1) is 0 Å². The molecular formula is C13H23F3N2O2. The van der Waals surface area contributed by atoms with Crippen LogP contribution in [0.5, 0.6) is 0 Å². The average Bonchev–Trinajstić information content (AvgIpc) is 2.61. The highest BCUT2D eigenvalue weighted by Crippen LogP contribution is 2.36. The van der Waals surface area contributed by atoms with Gasteiger partial charge in [0.05, 0.1) is 0 Å². The van der Waals surface area contributed by atoms with Gasteiger partial charge in [0.2, 0.25) is 0 Å². The van der Waals surface area contributed by atoms with Crippen molar-refractivity contribution < 1.29 is 22.7 Å². The van der Waals surface area contributed by atoms with E-state index in [-0.39, 0.29) is 6.42 Å². The number of alkyl carbamates (subject to hydrolysis) is 1. The van der Waals surface area contributed by atoms with Gasteiger partial charge in [-0.3, -0.25) is 0 Å². The van der Waals surface area contributed by atoms with E-state index in [1.807, 2.05) is 0 Å². The van der Waals surface area contributed by atoms with Crippen LogP contribution in [0.3, 0.4) is 0 Å². The predicted octanol–water partition coefficient (Wildman–Crippen LogP) is 3.10. The van der Waals surface area contributed by atoms with Gasteiger partial charge < -0.3 is 15.8 Å². The normalized spacial score (nSPS) is 20.6. The van der Waals surface area contributed by atoms with Gasteiger partial charge in [-0.2, -0.15) is 13.2 Å². The molecule has 0 radical (unpaired) electrons. The summed E-state index contributed by atoms with van der Waals surface area (Å²) in [7, 11) is 0. The van der Waals surface area contributed by atoms with Gasteiger partial charge >= 0.3 is 12.3 Å². The third kappa shape index (κ3) is 5.19. The molecule has 3 N–H and O–H groups in total. The van der Waals surface area contributed by atoms with Crippen LogP contribution < -0.4 is 11.1 Å². The van der Waals surface area contributed by atoms with Crippen molar-refractivity contribution in [1.29, 1.82) is 0 Å². The topological polar surface area (TPSA) is 64.3 Å². The second-order valence-corrected chi connectivity index (χ2v) is 6.47. The van der Waals surface area contributed by atoms with Crippen molar-refractivity contribution in [2.75, 3.05) is 0 Å². The molecule has 1 atom stereocenters. The second-order valence-electron chi connectivity index (χ2n) is 6.47. The molecule has 0 aromatic heterocycles. The van der Waals surface area contributed by atoms with E-state index in [9.17, 15) is 18.0 Å². The Labute approximate surface area is 117 Å².